The Kier molecular flexibility index (Phi) is 5.55. The summed E-state index contributed by atoms with van der Waals surface area (Å²) in [5, 5.41) is 0. The summed E-state index contributed by atoms with van der Waals surface area (Å²) in [5.41, 5.74) is 0.737. The minimum Gasteiger partial charge on any atom is -0.381 e. The van der Waals surface area contributed by atoms with Crippen molar-refractivity contribution in [3.63, 3.8) is 0 Å². The molecule has 0 radical (unpaired) electrons. The van der Waals surface area contributed by atoms with Gasteiger partial charge in [0.2, 0.25) is 0 Å². The summed E-state index contributed by atoms with van der Waals surface area (Å²) in [6, 6.07) is 9.39. The molecule has 0 saturated carbocycles. The van der Waals surface area contributed by atoms with E-state index >= 15 is 0 Å². The van der Waals surface area contributed by atoms with Gasteiger partial charge in [0, 0.05) is 18.8 Å². The minimum absolute atomic E-state index is 0.0927. The number of carbonyl (C=O) groups excluding carboxylic acids is 1. The second kappa shape index (κ2) is 7.41. The lowest BCUT2D eigenvalue weighted by molar-refractivity contribution is -0.00591. The van der Waals surface area contributed by atoms with Crippen molar-refractivity contribution in [2.75, 3.05) is 19.8 Å². The maximum absolute atomic E-state index is 12.3. The van der Waals surface area contributed by atoms with Crippen molar-refractivity contribution < 1.29 is 14.3 Å². The molecule has 19 heavy (non-hydrogen) atoms. The molecule has 0 bridgehead atoms. The van der Waals surface area contributed by atoms with E-state index in [2.05, 4.69) is 0 Å². The summed E-state index contributed by atoms with van der Waals surface area (Å²) in [6.45, 7) is 4.30. The zero-order valence-electron chi connectivity index (χ0n) is 11.5. The molecule has 3 heteroatoms. The molecule has 0 N–H and O–H groups in total. The highest BCUT2D eigenvalue weighted by Crippen LogP contribution is 2.17. The topological polar surface area (TPSA) is 35.5 Å². The third-order valence-electron chi connectivity index (χ3n) is 3.60. The Hall–Kier alpha value is -1.19. The number of Topliss-reactive ketones (excluding diaryl/α,β-unsaturated/α-hetero) is 1. The lowest BCUT2D eigenvalue weighted by atomic mass is 10.0. The summed E-state index contributed by atoms with van der Waals surface area (Å²) >= 11 is 0. The summed E-state index contributed by atoms with van der Waals surface area (Å²) in [4.78, 5) is 12.3. The molecule has 1 heterocycles. The van der Waals surface area contributed by atoms with E-state index in [0.717, 1.165) is 38.0 Å². The van der Waals surface area contributed by atoms with E-state index in [4.69, 9.17) is 9.47 Å². The van der Waals surface area contributed by atoms with Crippen LogP contribution in [0.2, 0.25) is 0 Å². The van der Waals surface area contributed by atoms with Gasteiger partial charge in [0.05, 0.1) is 6.61 Å². The highest BCUT2D eigenvalue weighted by Gasteiger charge is 2.21. The number of carbonyl (C=O) groups is 1. The number of benzene rings is 1. The molecule has 1 atom stereocenters. The van der Waals surface area contributed by atoms with Crippen LogP contribution in [0, 0.1) is 5.92 Å². The predicted molar refractivity (Wildman–Crippen MR) is 74.3 cm³/mol. The summed E-state index contributed by atoms with van der Waals surface area (Å²) in [6.07, 6.45) is 2.48. The fourth-order valence-electron chi connectivity index (χ4n) is 2.33. The first-order valence-electron chi connectivity index (χ1n) is 7.10. The third kappa shape index (κ3) is 4.15. The van der Waals surface area contributed by atoms with Crippen LogP contribution in [0.4, 0.5) is 0 Å². The Bertz CT molecular complexity index is 382. The smallest absolute Gasteiger partial charge is 0.191 e. The van der Waals surface area contributed by atoms with Crippen LogP contribution in [0.15, 0.2) is 30.3 Å². The molecule has 0 spiro atoms. The van der Waals surface area contributed by atoms with E-state index in [1.54, 1.807) is 0 Å². The average molecular weight is 262 g/mol. The van der Waals surface area contributed by atoms with Crippen LogP contribution in [0.25, 0.3) is 0 Å². The molecule has 104 valence electrons. The van der Waals surface area contributed by atoms with Gasteiger partial charge in [-0.2, -0.15) is 0 Å². The van der Waals surface area contributed by atoms with Gasteiger partial charge in [-0.15, -0.1) is 0 Å². The zero-order valence-corrected chi connectivity index (χ0v) is 11.5. The van der Waals surface area contributed by atoms with E-state index in [1.165, 1.54) is 0 Å². The summed E-state index contributed by atoms with van der Waals surface area (Å²) in [5.74, 6) is 0.626. The quantitative estimate of drug-likeness (QED) is 0.739. The molecule has 0 aromatic heterocycles. The van der Waals surface area contributed by atoms with Crippen LogP contribution in [0.3, 0.4) is 0 Å². The highest BCUT2D eigenvalue weighted by atomic mass is 16.5. The molecule has 1 aliphatic rings. The fourth-order valence-corrected chi connectivity index (χ4v) is 2.33. The molecule has 3 nitrogen and oxygen atoms in total. The van der Waals surface area contributed by atoms with Crippen molar-refractivity contribution in [1.29, 1.82) is 0 Å². The van der Waals surface area contributed by atoms with Gasteiger partial charge in [0.15, 0.2) is 5.78 Å². The molecule has 1 aromatic rings. The first-order valence-corrected chi connectivity index (χ1v) is 7.10. The Balaban J connectivity index is 1.87. The standard InChI is InChI=1S/C16H22O3/c1-2-15(16(17)14-6-4-3-5-7-14)19-12-13-8-10-18-11-9-13/h3-7,13,15H,2,8-12H2,1H3. The molecule has 1 aliphatic heterocycles. The predicted octanol–water partition coefficient (Wildman–Crippen LogP) is 3.09. The largest absolute Gasteiger partial charge is 0.381 e. The van der Waals surface area contributed by atoms with Crippen LogP contribution < -0.4 is 0 Å². The third-order valence-corrected chi connectivity index (χ3v) is 3.60. The van der Waals surface area contributed by atoms with E-state index in [9.17, 15) is 4.79 Å². The molecule has 1 aromatic carbocycles. The summed E-state index contributed by atoms with van der Waals surface area (Å²) in [7, 11) is 0. The molecule has 1 saturated heterocycles. The SMILES string of the molecule is CCC(OCC1CCOCC1)C(=O)c1ccccc1. The Morgan fingerprint density at radius 3 is 2.63 bits per heavy atom. The number of hydrogen-bond acceptors (Lipinski definition) is 3. The highest BCUT2D eigenvalue weighted by molar-refractivity contribution is 5.99. The normalized spacial score (nSPS) is 18.2. The maximum atomic E-state index is 12.3. The number of rotatable bonds is 6. The fraction of sp³-hybridized carbons (Fsp3) is 0.562. The average Bonchev–Trinajstić information content (AvgIpc) is 2.49. The van der Waals surface area contributed by atoms with Crippen molar-refractivity contribution in [1.82, 2.24) is 0 Å². The van der Waals surface area contributed by atoms with E-state index in [-0.39, 0.29) is 11.9 Å². The van der Waals surface area contributed by atoms with Gasteiger partial charge < -0.3 is 9.47 Å². The van der Waals surface area contributed by atoms with Crippen molar-refractivity contribution in [2.24, 2.45) is 5.92 Å². The molecule has 1 unspecified atom stereocenters. The Labute approximate surface area is 114 Å². The van der Waals surface area contributed by atoms with Crippen LogP contribution in [0.1, 0.15) is 36.5 Å². The minimum atomic E-state index is -0.315. The lowest BCUT2D eigenvalue weighted by Crippen LogP contribution is -2.28. The van der Waals surface area contributed by atoms with Crippen LogP contribution in [0.5, 0.6) is 0 Å². The zero-order chi connectivity index (χ0) is 13.5. The number of ether oxygens (including phenoxy) is 2. The Morgan fingerprint density at radius 1 is 1.32 bits per heavy atom. The van der Waals surface area contributed by atoms with Gasteiger partial charge in [-0.1, -0.05) is 37.3 Å². The molecule has 2 rings (SSSR count). The van der Waals surface area contributed by atoms with Gasteiger partial charge in [-0.3, -0.25) is 4.79 Å². The van der Waals surface area contributed by atoms with E-state index in [0.29, 0.717) is 12.5 Å². The number of hydrogen-bond donors (Lipinski definition) is 0. The first-order chi connectivity index (χ1) is 9.31. The van der Waals surface area contributed by atoms with Gasteiger partial charge in [0.1, 0.15) is 6.10 Å². The monoisotopic (exact) mass is 262 g/mol. The molecule has 1 fully saturated rings. The van der Waals surface area contributed by atoms with Crippen molar-refractivity contribution in [2.45, 2.75) is 32.3 Å². The van der Waals surface area contributed by atoms with Crippen molar-refractivity contribution >= 4 is 5.78 Å². The van der Waals surface area contributed by atoms with Crippen molar-refractivity contribution in [3.05, 3.63) is 35.9 Å². The second-order valence-corrected chi connectivity index (χ2v) is 5.02. The van der Waals surface area contributed by atoms with Gasteiger partial charge in [0.25, 0.3) is 0 Å². The Morgan fingerprint density at radius 2 is 2.00 bits per heavy atom. The summed E-state index contributed by atoms with van der Waals surface area (Å²) < 4.78 is 11.2. The van der Waals surface area contributed by atoms with E-state index in [1.807, 2.05) is 37.3 Å². The van der Waals surface area contributed by atoms with Gasteiger partial charge >= 0.3 is 0 Å². The number of ketones is 1. The molecular formula is C16H22O3. The first kappa shape index (κ1) is 14.2. The second-order valence-electron chi connectivity index (χ2n) is 5.02. The van der Waals surface area contributed by atoms with Crippen molar-refractivity contribution in [3.8, 4) is 0 Å². The molecule has 0 aliphatic carbocycles. The van der Waals surface area contributed by atoms with Gasteiger partial charge in [-0.05, 0) is 25.2 Å². The van der Waals surface area contributed by atoms with E-state index < -0.39 is 0 Å². The van der Waals surface area contributed by atoms with Crippen LogP contribution >= 0.6 is 0 Å². The molecular weight excluding hydrogens is 240 g/mol. The van der Waals surface area contributed by atoms with Crippen LogP contribution in [-0.4, -0.2) is 31.7 Å². The lowest BCUT2D eigenvalue weighted by Gasteiger charge is -2.24. The molecule has 0 amide bonds. The van der Waals surface area contributed by atoms with Crippen LogP contribution in [-0.2, 0) is 9.47 Å². The maximum Gasteiger partial charge on any atom is 0.191 e. The van der Waals surface area contributed by atoms with Gasteiger partial charge in [-0.25, -0.2) is 0 Å².